The van der Waals surface area contributed by atoms with Crippen molar-refractivity contribution in [2.45, 2.75) is 11.4 Å². The molecule has 0 spiro atoms. The third-order valence-corrected chi connectivity index (χ3v) is 4.66. The van der Waals surface area contributed by atoms with E-state index in [4.69, 9.17) is 5.26 Å². The van der Waals surface area contributed by atoms with Gasteiger partial charge in [-0.3, -0.25) is 4.79 Å². The van der Waals surface area contributed by atoms with Gasteiger partial charge in [-0.1, -0.05) is 42.5 Å². The number of hydrogen-bond donors (Lipinski definition) is 1. The molecule has 0 saturated carbocycles. The van der Waals surface area contributed by atoms with Crippen molar-refractivity contribution in [1.29, 1.82) is 5.26 Å². The van der Waals surface area contributed by atoms with E-state index < -0.39 is 0 Å². The summed E-state index contributed by atoms with van der Waals surface area (Å²) >= 11 is 1.53. The van der Waals surface area contributed by atoms with Gasteiger partial charge in [0.05, 0.1) is 17.4 Å². The molecule has 3 aromatic rings. The average molecular weight is 332 g/mol. The maximum Gasteiger partial charge on any atom is 0.230 e. The molecule has 1 N–H and O–H groups in total. The topological polar surface area (TPSA) is 52.9 Å². The minimum absolute atomic E-state index is 0.00230. The number of fused-ring (bicyclic) bond motifs is 1. The molecule has 1 amide bonds. The summed E-state index contributed by atoms with van der Waals surface area (Å²) in [6.45, 7) is 0.475. The molecule has 3 aromatic carbocycles. The van der Waals surface area contributed by atoms with Crippen LogP contribution in [-0.2, 0) is 11.3 Å². The van der Waals surface area contributed by atoms with E-state index in [0.717, 1.165) is 10.5 Å². The highest BCUT2D eigenvalue weighted by Gasteiger charge is 2.04. The standard InChI is InChI=1S/C20H16N2OS/c21-12-15-5-7-16(8-6-15)13-22-20(23)14-24-19-10-9-17-3-1-2-4-18(17)11-19/h1-11H,13-14H2,(H,22,23). The summed E-state index contributed by atoms with van der Waals surface area (Å²) in [7, 11) is 0. The minimum Gasteiger partial charge on any atom is -0.351 e. The third kappa shape index (κ3) is 4.15. The van der Waals surface area contributed by atoms with Gasteiger partial charge in [-0.2, -0.15) is 5.26 Å². The SMILES string of the molecule is N#Cc1ccc(CNC(=O)CSc2ccc3ccccc3c2)cc1. The molecule has 0 aliphatic rings. The van der Waals surface area contributed by atoms with Crippen LogP contribution >= 0.6 is 11.8 Å². The van der Waals surface area contributed by atoms with Gasteiger partial charge in [0.2, 0.25) is 5.91 Å². The summed E-state index contributed by atoms with van der Waals surface area (Å²) in [5, 5.41) is 14.1. The molecule has 0 bridgehead atoms. The van der Waals surface area contributed by atoms with Gasteiger partial charge in [0, 0.05) is 11.4 Å². The van der Waals surface area contributed by atoms with Gasteiger partial charge in [-0.15, -0.1) is 11.8 Å². The lowest BCUT2D eigenvalue weighted by Gasteiger charge is -2.06. The van der Waals surface area contributed by atoms with Gasteiger partial charge in [-0.25, -0.2) is 0 Å². The fourth-order valence-electron chi connectivity index (χ4n) is 2.35. The zero-order valence-electron chi connectivity index (χ0n) is 13.0. The number of rotatable bonds is 5. The van der Waals surface area contributed by atoms with Crippen LogP contribution in [0.1, 0.15) is 11.1 Å². The van der Waals surface area contributed by atoms with Crippen LogP contribution in [0.2, 0.25) is 0 Å². The number of nitriles is 1. The molecule has 24 heavy (non-hydrogen) atoms. The Bertz CT molecular complexity index is 897. The summed E-state index contributed by atoms with van der Waals surface area (Å²) in [5.41, 5.74) is 1.61. The molecule has 0 aromatic heterocycles. The number of nitrogens with zero attached hydrogens (tertiary/aromatic N) is 1. The van der Waals surface area contributed by atoms with Gasteiger partial charge in [0.15, 0.2) is 0 Å². The molecule has 4 heteroatoms. The van der Waals surface area contributed by atoms with Crippen molar-refractivity contribution < 1.29 is 4.79 Å². The van der Waals surface area contributed by atoms with Crippen molar-refractivity contribution >= 4 is 28.4 Å². The van der Waals surface area contributed by atoms with Crippen LogP contribution in [0.3, 0.4) is 0 Å². The van der Waals surface area contributed by atoms with E-state index in [0.29, 0.717) is 17.9 Å². The van der Waals surface area contributed by atoms with Crippen LogP contribution in [0.4, 0.5) is 0 Å². The molecule has 3 nitrogen and oxygen atoms in total. The van der Waals surface area contributed by atoms with Crippen LogP contribution in [0.15, 0.2) is 71.6 Å². The second-order valence-corrected chi connectivity index (χ2v) is 6.43. The first-order valence-electron chi connectivity index (χ1n) is 7.62. The molecule has 0 unspecified atom stereocenters. The second kappa shape index (κ2) is 7.67. The monoisotopic (exact) mass is 332 g/mol. The average Bonchev–Trinajstić information content (AvgIpc) is 2.65. The Kier molecular flexibility index (Phi) is 5.15. The Balaban J connectivity index is 1.51. The highest BCUT2D eigenvalue weighted by atomic mass is 32.2. The molecular formula is C20H16N2OS. The van der Waals surface area contributed by atoms with Crippen molar-refractivity contribution in [2.75, 3.05) is 5.75 Å². The maximum absolute atomic E-state index is 12.0. The normalized spacial score (nSPS) is 10.3. The number of benzene rings is 3. The van der Waals surface area contributed by atoms with Gasteiger partial charge >= 0.3 is 0 Å². The number of thioether (sulfide) groups is 1. The minimum atomic E-state index is -0.00230. The molecule has 0 radical (unpaired) electrons. The van der Waals surface area contributed by atoms with Gasteiger partial charge < -0.3 is 5.32 Å². The van der Waals surface area contributed by atoms with E-state index in [1.54, 1.807) is 12.1 Å². The molecule has 0 saturated heterocycles. The Morgan fingerprint density at radius 1 is 1.00 bits per heavy atom. The summed E-state index contributed by atoms with van der Waals surface area (Å²) in [4.78, 5) is 13.1. The molecule has 0 atom stereocenters. The van der Waals surface area contributed by atoms with E-state index in [-0.39, 0.29) is 5.91 Å². The summed E-state index contributed by atoms with van der Waals surface area (Å²) in [5.74, 6) is 0.381. The zero-order valence-corrected chi connectivity index (χ0v) is 13.8. The van der Waals surface area contributed by atoms with E-state index >= 15 is 0 Å². The number of amides is 1. The predicted molar refractivity (Wildman–Crippen MR) is 97.7 cm³/mol. The molecule has 0 aliphatic heterocycles. The third-order valence-electron chi connectivity index (χ3n) is 3.66. The number of hydrogen-bond acceptors (Lipinski definition) is 3. The molecule has 0 heterocycles. The second-order valence-electron chi connectivity index (χ2n) is 5.38. The lowest BCUT2D eigenvalue weighted by molar-refractivity contribution is -0.118. The highest BCUT2D eigenvalue weighted by Crippen LogP contribution is 2.23. The summed E-state index contributed by atoms with van der Waals surface area (Å²) < 4.78 is 0. The smallest absolute Gasteiger partial charge is 0.230 e. The fraction of sp³-hybridized carbons (Fsp3) is 0.100. The van der Waals surface area contributed by atoms with Crippen molar-refractivity contribution in [3.63, 3.8) is 0 Å². The van der Waals surface area contributed by atoms with Crippen LogP contribution < -0.4 is 5.32 Å². The Morgan fingerprint density at radius 2 is 1.75 bits per heavy atom. The van der Waals surface area contributed by atoms with Crippen molar-refractivity contribution in [1.82, 2.24) is 5.32 Å². The van der Waals surface area contributed by atoms with Crippen LogP contribution in [-0.4, -0.2) is 11.7 Å². The Morgan fingerprint density at radius 3 is 2.50 bits per heavy atom. The summed E-state index contributed by atoms with van der Waals surface area (Å²) in [6.07, 6.45) is 0. The zero-order chi connectivity index (χ0) is 16.8. The molecule has 0 aliphatic carbocycles. The molecule has 0 fully saturated rings. The number of carbonyl (C=O) groups is 1. The number of nitrogens with one attached hydrogen (secondary N) is 1. The fourth-order valence-corrected chi connectivity index (χ4v) is 3.13. The quantitative estimate of drug-likeness (QED) is 0.715. The maximum atomic E-state index is 12.0. The Hall–Kier alpha value is -2.77. The van der Waals surface area contributed by atoms with Crippen molar-refractivity contribution in [3.05, 3.63) is 77.9 Å². The van der Waals surface area contributed by atoms with Crippen LogP contribution in [0.5, 0.6) is 0 Å². The summed E-state index contributed by atoms with van der Waals surface area (Å²) in [6, 6.07) is 23.7. The van der Waals surface area contributed by atoms with Gasteiger partial charge in [0.1, 0.15) is 0 Å². The lowest BCUT2D eigenvalue weighted by Crippen LogP contribution is -2.24. The van der Waals surface area contributed by atoms with Crippen molar-refractivity contribution in [2.24, 2.45) is 0 Å². The van der Waals surface area contributed by atoms with Gasteiger partial charge in [-0.05, 0) is 40.6 Å². The highest BCUT2D eigenvalue weighted by molar-refractivity contribution is 8.00. The molecular weight excluding hydrogens is 316 g/mol. The Labute approximate surface area is 145 Å². The number of carbonyl (C=O) groups excluding carboxylic acids is 1. The van der Waals surface area contributed by atoms with Crippen LogP contribution in [0, 0.1) is 11.3 Å². The van der Waals surface area contributed by atoms with E-state index in [2.05, 4.69) is 35.7 Å². The van der Waals surface area contributed by atoms with E-state index in [1.165, 1.54) is 22.5 Å². The van der Waals surface area contributed by atoms with E-state index in [9.17, 15) is 4.79 Å². The first-order valence-corrected chi connectivity index (χ1v) is 8.60. The van der Waals surface area contributed by atoms with Gasteiger partial charge in [0.25, 0.3) is 0 Å². The largest absolute Gasteiger partial charge is 0.351 e. The lowest BCUT2D eigenvalue weighted by atomic mass is 10.1. The molecule has 118 valence electrons. The molecule has 3 rings (SSSR count). The first-order chi connectivity index (χ1) is 11.7. The first kappa shape index (κ1) is 16.1. The van der Waals surface area contributed by atoms with E-state index in [1.807, 2.05) is 30.3 Å². The predicted octanol–water partition coefficient (Wildman–Crippen LogP) is 4.12. The van der Waals surface area contributed by atoms with Crippen molar-refractivity contribution in [3.8, 4) is 6.07 Å². The van der Waals surface area contributed by atoms with Crippen LogP contribution in [0.25, 0.3) is 10.8 Å².